The van der Waals surface area contributed by atoms with Gasteiger partial charge in [0.15, 0.2) is 11.6 Å². The Labute approximate surface area is 142 Å². The zero-order valence-corrected chi connectivity index (χ0v) is 13.8. The topological polar surface area (TPSA) is 36.3 Å². The summed E-state index contributed by atoms with van der Waals surface area (Å²) in [4.78, 5) is 2.28. The van der Waals surface area contributed by atoms with E-state index in [0.717, 1.165) is 37.1 Å². The van der Waals surface area contributed by atoms with Gasteiger partial charge in [-0.3, -0.25) is 4.90 Å². The van der Waals surface area contributed by atoms with E-state index in [4.69, 9.17) is 4.74 Å². The number of rotatable bonds is 4. The molecule has 24 heavy (non-hydrogen) atoms. The quantitative estimate of drug-likeness (QED) is 0.856. The van der Waals surface area contributed by atoms with E-state index in [1.54, 1.807) is 6.07 Å². The summed E-state index contributed by atoms with van der Waals surface area (Å²) < 4.78 is 18.8. The molecule has 1 aliphatic heterocycles. The second kappa shape index (κ2) is 7.02. The second-order valence-electron chi connectivity index (χ2n) is 6.30. The van der Waals surface area contributed by atoms with Crippen LogP contribution in [0.5, 0.6) is 5.75 Å². The normalized spacial score (nSPS) is 17.2. The van der Waals surface area contributed by atoms with Crippen molar-refractivity contribution in [2.75, 3.05) is 20.2 Å². The first kappa shape index (κ1) is 16.5. The summed E-state index contributed by atoms with van der Waals surface area (Å²) in [5, 5.41) is 9.73. The summed E-state index contributed by atoms with van der Waals surface area (Å²) in [5.74, 6) is -0.0624. The number of nitriles is 1. The van der Waals surface area contributed by atoms with Crippen molar-refractivity contribution in [1.82, 2.24) is 4.90 Å². The summed E-state index contributed by atoms with van der Waals surface area (Å²) in [6, 6.07) is 17.7. The molecule has 1 saturated heterocycles. The Bertz CT molecular complexity index is 731. The SMILES string of the molecule is COc1ccc(CN2CCC(C#N)(c3ccccc3)CC2)cc1F. The van der Waals surface area contributed by atoms with Crippen LogP contribution in [0.4, 0.5) is 4.39 Å². The first-order valence-corrected chi connectivity index (χ1v) is 8.18. The molecule has 0 radical (unpaired) electrons. The van der Waals surface area contributed by atoms with E-state index in [-0.39, 0.29) is 11.6 Å². The lowest BCUT2D eigenvalue weighted by Gasteiger charge is -2.37. The van der Waals surface area contributed by atoms with E-state index in [1.807, 2.05) is 36.4 Å². The first-order chi connectivity index (χ1) is 11.7. The highest BCUT2D eigenvalue weighted by molar-refractivity contribution is 5.33. The molecule has 124 valence electrons. The van der Waals surface area contributed by atoms with E-state index in [1.165, 1.54) is 13.2 Å². The largest absolute Gasteiger partial charge is 0.494 e. The summed E-state index contributed by atoms with van der Waals surface area (Å²) in [5.41, 5.74) is 1.63. The Balaban J connectivity index is 1.67. The lowest BCUT2D eigenvalue weighted by atomic mass is 9.74. The summed E-state index contributed by atoms with van der Waals surface area (Å²) in [6.45, 7) is 2.35. The number of halogens is 1. The third-order valence-electron chi connectivity index (χ3n) is 4.87. The smallest absolute Gasteiger partial charge is 0.165 e. The van der Waals surface area contributed by atoms with Crippen LogP contribution >= 0.6 is 0 Å². The molecule has 3 rings (SSSR count). The van der Waals surface area contributed by atoms with Crippen LogP contribution in [0.25, 0.3) is 0 Å². The van der Waals surface area contributed by atoms with Crippen LogP contribution in [0.2, 0.25) is 0 Å². The number of likely N-dealkylation sites (tertiary alicyclic amines) is 1. The summed E-state index contributed by atoms with van der Waals surface area (Å²) in [7, 11) is 1.47. The molecule has 3 nitrogen and oxygen atoms in total. The first-order valence-electron chi connectivity index (χ1n) is 8.18. The predicted molar refractivity (Wildman–Crippen MR) is 91.2 cm³/mol. The van der Waals surface area contributed by atoms with Gasteiger partial charge in [-0.15, -0.1) is 0 Å². The molecule has 0 saturated carbocycles. The average Bonchev–Trinajstić information content (AvgIpc) is 2.63. The number of methoxy groups -OCH3 is 1. The Morgan fingerprint density at radius 2 is 1.88 bits per heavy atom. The number of hydrogen-bond donors (Lipinski definition) is 0. The standard InChI is InChI=1S/C20H21FN2O/c1-24-19-8-7-16(13-18(19)21)14-23-11-9-20(15-22,10-12-23)17-5-3-2-4-6-17/h2-8,13H,9-12,14H2,1H3. The third-order valence-corrected chi connectivity index (χ3v) is 4.87. The highest BCUT2D eigenvalue weighted by atomic mass is 19.1. The van der Waals surface area contributed by atoms with Gasteiger partial charge in [0.1, 0.15) is 0 Å². The minimum Gasteiger partial charge on any atom is -0.494 e. The molecule has 0 spiro atoms. The Morgan fingerprint density at radius 1 is 1.17 bits per heavy atom. The van der Waals surface area contributed by atoms with Crippen LogP contribution in [0.1, 0.15) is 24.0 Å². The Kier molecular flexibility index (Phi) is 4.82. The monoisotopic (exact) mass is 324 g/mol. The molecular formula is C20H21FN2O. The third kappa shape index (κ3) is 3.27. The van der Waals surface area contributed by atoms with Gasteiger partial charge in [-0.1, -0.05) is 36.4 Å². The Hall–Kier alpha value is -2.38. The fraction of sp³-hybridized carbons (Fsp3) is 0.350. The van der Waals surface area contributed by atoms with Crippen LogP contribution in [0, 0.1) is 17.1 Å². The molecule has 0 N–H and O–H groups in total. The van der Waals surface area contributed by atoms with Gasteiger partial charge >= 0.3 is 0 Å². The molecule has 1 heterocycles. The van der Waals surface area contributed by atoms with E-state index in [9.17, 15) is 9.65 Å². The van der Waals surface area contributed by atoms with E-state index >= 15 is 0 Å². The summed E-state index contributed by atoms with van der Waals surface area (Å²) >= 11 is 0. The predicted octanol–water partition coefficient (Wildman–Crippen LogP) is 3.89. The van der Waals surface area contributed by atoms with Crippen molar-refractivity contribution < 1.29 is 9.13 Å². The van der Waals surface area contributed by atoms with Gasteiger partial charge in [0.25, 0.3) is 0 Å². The van der Waals surface area contributed by atoms with E-state index in [2.05, 4.69) is 11.0 Å². The second-order valence-corrected chi connectivity index (χ2v) is 6.30. The van der Waals surface area contributed by atoms with Gasteiger partial charge in [0.2, 0.25) is 0 Å². The fourth-order valence-corrected chi connectivity index (χ4v) is 3.38. The molecule has 0 aromatic heterocycles. The van der Waals surface area contributed by atoms with Crippen molar-refractivity contribution in [2.45, 2.75) is 24.8 Å². The number of benzene rings is 2. The van der Waals surface area contributed by atoms with E-state index < -0.39 is 5.41 Å². The molecule has 2 aromatic rings. The average molecular weight is 324 g/mol. The van der Waals surface area contributed by atoms with Crippen molar-refractivity contribution in [3.63, 3.8) is 0 Å². The maximum Gasteiger partial charge on any atom is 0.165 e. The minimum absolute atomic E-state index is 0.268. The van der Waals surface area contributed by atoms with Crippen LogP contribution in [-0.4, -0.2) is 25.1 Å². The maximum atomic E-state index is 13.8. The van der Waals surface area contributed by atoms with Crippen LogP contribution < -0.4 is 4.74 Å². The molecule has 1 fully saturated rings. The summed E-state index contributed by atoms with van der Waals surface area (Å²) in [6.07, 6.45) is 1.60. The molecule has 1 aliphatic rings. The number of nitrogens with zero attached hydrogens (tertiary/aromatic N) is 2. The van der Waals surface area contributed by atoms with Gasteiger partial charge in [-0.2, -0.15) is 5.26 Å². The van der Waals surface area contributed by atoms with E-state index in [0.29, 0.717) is 6.54 Å². The van der Waals surface area contributed by atoms with Crippen molar-refractivity contribution in [2.24, 2.45) is 0 Å². The highest BCUT2D eigenvalue weighted by Gasteiger charge is 2.36. The van der Waals surface area contributed by atoms with Crippen molar-refractivity contribution in [1.29, 1.82) is 5.26 Å². The molecular weight excluding hydrogens is 303 g/mol. The molecule has 0 atom stereocenters. The fourth-order valence-electron chi connectivity index (χ4n) is 3.38. The van der Waals surface area contributed by atoms with Crippen molar-refractivity contribution in [3.05, 3.63) is 65.5 Å². The van der Waals surface area contributed by atoms with Gasteiger partial charge in [0, 0.05) is 19.6 Å². The molecule has 0 unspecified atom stereocenters. The van der Waals surface area contributed by atoms with Gasteiger partial charge in [0.05, 0.1) is 18.6 Å². The van der Waals surface area contributed by atoms with Crippen LogP contribution in [0.3, 0.4) is 0 Å². The highest BCUT2D eigenvalue weighted by Crippen LogP contribution is 2.35. The zero-order valence-electron chi connectivity index (χ0n) is 13.8. The minimum atomic E-state index is -0.400. The number of ether oxygens (including phenoxy) is 1. The van der Waals surface area contributed by atoms with Gasteiger partial charge in [-0.05, 0) is 36.1 Å². The molecule has 0 amide bonds. The lowest BCUT2D eigenvalue weighted by molar-refractivity contribution is 0.179. The van der Waals surface area contributed by atoms with Gasteiger partial charge < -0.3 is 4.74 Å². The van der Waals surface area contributed by atoms with Gasteiger partial charge in [-0.25, -0.2) is 4.39 Å². The molecule has 4 heteroatoms. The Morgan fingerprint density at radius 3 is 2.46 bits per heavy atom. The zero-order chi connectivity index (χ0) is 17.0. The molecule has 0 bridgehead atoms. The van der Waals surface area contributed by atoms with Crippen LogP contribution in [0.15, 0.2) is 48.5 Å². The lowest BCUT2D eigenvalue weighted by Crippen LogP contribution is -2.41. The van der Waals surface area contributed by atoms with Crippen molar-refractivity contribution in [3.8, 4) is 11.8 Å². The molecule has 0 aliphatic carbocycles. The number of piperidine rings is 1. The molecule has 2 aromatic carbocycles. The van der Waals surface area contributed by atoms with Crippen molar-refractivity contribution >= 4 is 0 Å². The van der Waals surface area contributed by atoms with Crippen LogP contribution in [-0.2, 0) is 12.0 Å². The maximum absolute atomic E-state index is 13.8. The number of hydrogen-bond acceptors (Lipinski definition) is 3.